The maximum absolute atomic E-state index is 13.4. The number of sulfonamides is 1. The summed E-state index contributed by atoms with van der Waals surface area (Å²) in [5.74, 6) is 0.718. The zero-order valence-corrected chi connectivity index (χ0v) is 17.7. The van der Waals surface area contributed by atoms with Crippen LogP contribution in [-0.4, -0.2) is 24.3 Å². The highest BCUT2D eigenvalue weighted by molar-refractivity contribution is 7.89. The van der Waals surface area contributed by atoms with Crippen LogP contribution >= 0.6 is 11.3 Å². The Bertz CT molecular complexity index is 988. The molecule has 0 amide bonds. The topological polar surface area (TPSA) is 59.5 Å². The number of benzene rings is 1. The SMILES string of the molecule is CCCOc1ccc(S(=O)(=O)N(Cc2ccsc2)Cc2ccccn2)cc1C. The first-order chi connectivity index (χ1) is 13.5. The Kier molecular flexibility index (Phi) is 6.83. The highest BCUT2D eigenvalue weighted by Gasteiger charge is 2.26. The second-order valence-corrected chi connectivity index (χ2v) is 9.22. The third-order valence-corrected chi connectivity index (χ3v) is 6.77. The van der Waals surface area contributed by atoms with Gasteiger partial charge in [-0.15, -0.1) is 0 Å². The molecule has 0 aliphatic carbocycles. The zero-order valence-electron chi connectivity index (χ0n) is 16.0. The summed E-state index contributed by atoms with van der Waals surface area (Å²) in [6, 6.07) is 12.5. The van der Waals surface area contributed by atoms with E-state index in [0.29, 0.717) is 18.8 Å². The maximum atomic E-state index is 13.4. The van der Waals surface area contributed by atoms with Crippen LogP contribution < -0.4 is 4.74 Å². The van der Waals surface area contributed by atoms with Gasteiger partial charge in [0.05, 0.1) is 23.7 Å². The first kappa shape index (κ1) is 20.5. The largest absolute Gasteiger partial charge is 0.493 e. The second-order valence-electron chi connectivity index (χ2n) is 6.50. The van der Waals surface area contributed by atoms with Crippen LogP contribution in [0, 0.1) is 6.92 Å². The van der Waals surface area contributed by atoms with Gasteiger partial charge >= 0.3 is 0 Å². The van der Waals surface area contributed by atoms with Gasteiger partial charge in [0, 0.05) is 12.7 Å². The molecule has 0 saturated heterocycles. The highest BCUT2D eigenvalue weighted by Crippen LogP contribution is 2.26. The molecule has 3 rings (SSSR count). The van der Waals surface area contributed by atoms with Crippen LogP contribution in [0.4, 0.5) is 0 Å². The van der Waals surface area contributed by atoms with Gasteiger partial charge in [-0.2, -0.15) is 15.6 Å². The van der Waals surface area contributed by atoms with Crippen molar-refractivity contribution >= 4 is 21.4 Å². The molecule has 3 aromatic rings. The quantitative estimate of drug-likeness (QED) is 0.510. The molecule has 0 atom stereocenters. The number of rotatable bonds is 9. The van der Waals surface area contributed by atoms with Crippen molar-refractivity contribution in [1.82, 2.24) is 9.29 Å². The Labute approximate surface area is 170 Å². The van der Waals surface area contributed by atoms with Crippen LogP contribution in [0.15, 0.2) is 64.3 Å². The lowest BCUT2D eigenvalue weighted by atomic mass is 10.2. The lowest BCUT2D eigenvalue weighted by molar-refractivity contribution is 0.315. The van der Waals surface area contributed by atoms with Gasteiger partial charge < -0.3 is 4.74 Å². The highest BCUT2D eigenvalue weighted by atomic mass is 32.2. The van der Waals surface area contributed by atoms with Crippen LogP contribution in [0.25, 0.3) is 0 Å². The Hall–Kier alpha value is -2.22. The van der Waals surface area contributed by atoms with Crippen LogP contribution in [-0.2, 0) is 23.1 Å². The summed E-state index contributed by atoms with van der Waals surface area (Å²) < 4.78 is 34.0. The molecule has 0 saturated carbocycles. The van der Waals surface area contributed by atoms with Gasteiger partial charge in [0.1, 0.15) is 5.75 Å². The zero-order chi connectivity index (χ0) is 20.0. The molecule has 0 radical (unpaired) electrons. The average Bonchev–Trinajstić information content (AvgIpc) is 3.20. The molecule has 0 fully saturated rings. The summed E-state index contributed by atoms with van der Waals surface area (Å²) >= 11 is 1.55. The van der Waals surface area contributed by atoms with Gasteiger partial charge in [-0.3, -0.25) is 4.98 Å². The molecule has 7 heteroatoms. The van der Waals surface area contributed by atoms with Crippen LogP contribution in [0.1, 0.15) is 30.2 Å². The fourth-order valence-corrected chi connectivity index (χ4v) is 4.93. The smallest absolute Gasteiger partial charge is 0.243 e. The maximum Gasteiger partial charge on any atom is 0.243 e. The van der Waals surface area contributed by atoms with Gasteiger partial charge in [-0.05, 0) is 71.6 Å². The molecule has 0 unspecified atom stereocenters. The van der Waals surface area contributed by atoms with E-state index in [2.05, 4.69) is 4.98 Å². The summed E-state index contributed by atoms with van der Waals surface area (Å²) in [7, 11) is -3.69. The summed E-state index contributed by atoms with van der Waals surface area (Å²) in [6.07, 6.45) is 2.58. The second kappa shape index (κ2) is 9.32. The first-order valence-corrected chi connectivity index (χ1v) is 11.5. The van der Waals surface area contributed by atoms with Crippen molar-refractivity contribution in [3.05, 3.63) is 76.2 Å². The average molecular weight is 417 g/mol. The number of aromatic nitrogens is 1. The van der Waals surface area contributed by atoms with Crippen molar-refractivity contribution in [2.24, 2.45) is 0 Å². The summed E-state index contributed by atoms with van der Waals surface area (Å²) in [5.41, 5.74) is 2.48. The van der Waals surface area contributed by atoms with Crippen molar-refractivity contribution in [2.45, 2.75) is 38.3 Å². The summed E-state index contributed by atoms with van der Waals surface area (Å²) in [5, 5.41) is 3.92. The molecule has 0 spiro atoms. The fourth-order valence-electron chi connectivity index (χ4n) is 2.79. The third-order valence-electron chi connectivity index (χ3n) is 4.25. The number of aryl methyl sites for hydroxylation is 1. The van der Waals surface area contributed by atoms with Crippen LogP contribution in [0.3, 0.4) is 0 Å². The Balaban J connectivity index is 1.91. The van der Waals surface area contributed by atoms with E-state index in [1.807, 2.05) is 48.9 Å². The predicted molar refractivity (Wildman–Crippen MR) is 112 cm³/mol. The molecule has 28 heavy (non-hydrogen) atoms. The summed E-state index contributed by atoms with van der Waals surface area (Å²) in [4.78, 5) is 4.56. The molecule has 2 heterocycles. The molecule has 0 aliphatic heterocycles. The van der Waals surface area contributed by atoms with E-state index in [0.717, 1.165) is 23.3 Å². The van der Waals surface area contributed by atoms with E-state index in [1.165, 1.54) is 4.31 Å². The lowest BCUT2D eigenvalue weighted by Gasteiger charge is -2.22. The van der Waals surface area contributed by atoms with E-state index in [1.54, 1.807) is 35.7 Å². The molecule has 148 valence electrons. The molecule has 2 aromatic heterocycles. The number of hydrogen-bond acceptors (Lipinski definition) is 5. The van der Waals surface area contributed by atoms with Gasteiger partial charge in [-0.25, -0.2) is 8.42 Å². The van der Waals surface area contributed by atoms with E-state index >= 15 is 0 Å². The molecule has 1 aromatic carbocycles. The number of pyridine rings is 1. The molecule has 0 aliphatic rings. The minimum Gasteiger partial charge on any atom is -0.493 e. The Morgan fingerprint density at radius 3 is 2.64 bits per heavy atom. The normalized spacial score (nSPS) is 11.7. The minimum absolute atomic E-state index is 0.214. The van der Waals surface area contributed by atoms with E-state index < -0.39 is 10.0 Å². The van der Waals surface area contributed by atoms with Gasteiger partial charge in [0.25, 0.3) is 0 Å². The van der Waals surface area contributed by atoms with E-state index in [9.17, 15) is 8.42 Å². The third kappa shape index (κ3) is 4.98. The monoisotopic (exact) mass is 416 g/mol. The van der Waals surface area contributed by atoms with Crippen molar-refractivity contribution in [3.8, 4) is 5.75 Å². The Morgan fingerprint density at radius 2 is 2.00 bits per heavy atom. The van der Waals surface area contributed by atoms with E-state index in [4.69, 9.17) is 4.74 Å². The number of hydrogen-bond donors (Lipinski definition) is 0. The van der Waals surface area contributed by atoms with Gasteiger partial charge in [0.2, 0.25) is 10.0 Å². The lowest BCUT2D eigenvalue weighted by Crippen LogP contribution is -2.30. The number of thiophene rings is 1. The molecular formula is C21H24N2O3S2. The first-order valence-electron chi connectivity index (χ1n) is 9.15. The number of nitrogens with zero attached hydrogens (tertiary/aromatic N) is 2. The van der Waals surface area contributed by atoms with E-state index in [-0.39, 0.29) is 11.4 Å². The number of ether oxygens (including phenoxy) is 1. The van der Waals surface area contributed by atoms with Crippen molar-refractivity contribution in [3.63, 3.8) is 0 Å². The predicted octanol–water partition coefficient (Wildman–Crippen LogP) is 4.63. The Morgan fingerprint density at radius 1 is 1.14 bits per heavy atom. The van der Waals surface area contributed by atoms with Crippen molar-refractivity contribution in [1.29, 1.82) is 0 Å². The minimum atomic E-state index is -3.69. The standard InChI is InChI=1S/C21H24N2O3S2/c1-3-11-26-21-8-7-20(13-17(21)2)28(24,25)23(14-18-9-12-27-16-18)15-19-6-4-5-10-22-19/h4-10,12-13,16H,3,11,14-15H2,1-2H3. The van der Waals surface area contributed by atoms with Crippen molar-refractivity contribution in [2.75, 3.05) is 6.61 Å². The van der Waals surface area contributed by atoms with Gasteiger partial charge in [0.15, 0.2) is 0 Å². The summed E-state index contributed by atoms with van der Waals surface area (Å²) in [6.45, 7) is 5.03. The molecule has 0 bridgehead atoms. The molecular weight excluding hydrogens is 392 g/mol. The van der Waals surface area contributed by atoms with Gasteiger partial charge in [-0.1, -0.05) is 13.0 Å². The molecule has 5 nitrogen and oxygen atoms in total. The fraction of sp³-hybridized carbons (Fsp3) is 0.286. The van der Waals surface area contributed by atoms with Crippen molar-refractivity contribution < 1.29 is 13.2 Å². The van der Waals surface area contributed by atoms with Crippen LogP contribution in [0.5, 0.6) is 5.75 Å². The molecule has 0 N–H and O–H groups in total. The van der Waals surface area contributed by atoms with Crippen LogP contribution in [0.2, 0.25) is 0 Å².